The number of hydrogen-bond acceptors (Lipinski definition) is 2. The van der Waals surface area contributed by atoms with Gasteiger partial charge >= 0.3 is 0 Å². The van der Waals surface area contributed by atoms with Crippen LogP contribution in [-0.4, -0.2) is 18.3 Å². The van der Waals surface area contributed by atoms with E-state index < -0.39 is 0 Å². The first-order valence-corrected chi connectivity index (χ1v) is 3.25. The molecule has 9 heavy (non-hydrogen) atoms. The van der Waals surface area contributed by atoms with Crippen LogP contribution in [-0.2, 0) is 4.74 Å². The Balaban J connectivity index is 2.75. The molecule has 0 unspecified atom stereocenters. The predicted octanol–water partition coefficient (Wildman–Crippen LogP) is 1.31. The summed E-state index contributed by atoms with van der Waals surface area (Å²) in [6, 6.07) is 0. The summed E-state index contributed by atoms with van der Waals surface area (Å²) >= 11 is 0. The Morgan fingerprint density at radius 1 is 1.44 bits per heavy atom. The van der Waals surface area contributed by atoms with Crippen LogP contribution in [0.4, 0.5) is 0 Å². The van der Waals surface area contributed by atoms with Crippen LogP contribution < -0.4 is 0 Å². The lowest BCUT2D eigenvalue weighted by Gasteiger charge is -1.96. The first kappa shape index (κ1) is 8.50. The van der Waals surface area contributed by atoms with Gasteiger partial charge in [0.25, 0.3) is 0 Å². The fraction of sp³-hybridized carbons (Fsp3) is 0.714. The van der Waals surface area contributed by atoms with Crippen LogP contribution in [0.2, 0.25) is 0 Å². The van der Waals surface area contributed by atoms with Crippen molar-refractivity contribution in [2.75, 3.05) is 13.2 Å². The predicted molar refractivity (Wildman–Crippen MR) is 37.1 cm³/mol. The number of rotatable bonds is 5. The molecule has 0 spiro atoms. The highest BCUT2D eigenvalue weighted by atomic mass is 16.5. The van der Waals surface area contributed by atoms with Gasteiger partial charge in [-0.1, -0.05) is 6.08 Å². The number of ether oxygens (including phenoxy) is 1. The molecule has 0 aliphatic carbocycles. The molecule has 54 valence electrons. The zero-order valence-corrected chi connectivity index (χ0v) is 5.84. The average molecular weight is 130 g/mol. The lowest BCUT2D eigenvalue weighted by atomic mass is 10.3. The largest absolute Gasteiger partial charge is 0.502 e. The minimum atomic E-state index is 0.263. The summed E-state index contributed by atoms with van der Waals surface area (Å²) in [5.74, 6) is 0. The van der Waals surface area contributed by atoms with E-state index in [1.54, 1.807) is 6.26 Å². The van der Waals surface area contributed by atoms with E-state index in [4.69, 9.17) is 9.84 Å². The monoisotopic (exact) mass is 130 g/mol. The van der Waals surface area contributed by atoms with E-state index in [-0.39, 0.29) is 6.61 Å². The van der Waals surface area contributed by atoms with Crippen LogP contribution in [0, 0.1) is 0 Å². The number of aliphatic hydroxyl groups excluding tert-OH is 1. The van der Waals surface area contributed by atoms with Gasteiger partial charge in [0.05, 0.1) is 12.9 Å². The molecule has 0 rings (SSSR count). The smallest absolute Gasteiger partial charge is 0.0874 e. The maximum absolute atomic E-state index is 8.35. The summed E-state index contributed by atoms with van der Waals surface area (Å²) in [4.78, 5) is 0. The van der Waals surface area contributed by atoms with Crippen LogP contribution in [0.25, 0.3) is 0 Å². The van der Waals surface area contributed by atoms with Crippen LogP contribution in [0.1, 0.15) is 19.8 Å². The van der Waals surface area contributed by atoms with Crippen molar-refractivity contribution in [3.05, 3.63) is 12.3 Å². The van der Waals surface area contributed by atoms with Gasteiger partial charge in [-0.3, -0.25) is 0 Å². The minimum Gasteiger partial charge on any atom is -0.502 e. The van der Waals surface area contributed by atoms with Crippen molar-refractivity contribution in [2.24, 2.45) is 0 Å². The summed E-state index contributed by atoms with van der Waals surface area (Å²) in [5.41, 5.74) is 0. The number of aliphatic hydroxyl groups is 1. The Bertz CT molecular complexity index is 69.3. The molecule has 0 aromatic carbocycles. The topological polar surface area (TPSA) is 29.5 Å². The van der Waals surface area contributed by atoms with Crippen molar-refractivity contribution in [2.45, 2.75) is 19.8 Å². The second-order valence-corrected chi connectivity index (χ2v) is 1.77. The van der Waals surface area contributed by atoms with Gasteiger partial charge in [0.2, 0.25) is 0 Å². The molecule has 2 nitrogen and oxygen atoms in total. The zero-order chi connectivity index (χ0) is 6.95. The van der Waals surface area contributed by atoms with Gasteiger partial charge in [-0.2, -0.15) is 0 Å². The number of unbranched alkanes of at least 4 members (excludes halogenated alkanes) is 1. The molecule has 0 amide bonds. The molecule has 0 saturated heterocycles. The molecule has 0 aliphatic rings. The fourth-order valence-electron chi connectivity index (χ4n) is 0.461. The van der Waals surface area contributed by atoms with Crippen LogP contribution in [0.3, 0.4) is 0 Å². The third kappa shape index (κ3) is 7.50. The van der Waals surface area contributed by atoms with Gasteiger partial charge in [0, 0.05) is 6.61 Å². The molecular formula is C7H14O2. The number of allylic oxidation sites excluding steroid dienone is 1. The van der Waals surface area contributed by atoms with Gasteiger partial charge in [0.15, 0.2) is 0 Å². The minimum absolute atomic E-state index is 0.263. The first-order chi connectivity index (χ1) is 4.41. The highest BCUT2D eigenvalue weighted by Crippen LogP contribution is 1.88. The lowest BCUT2D eigenvalue weighted by molar-refractivity contribution is 0.218. The van der Waals surface area contributed by atoms with E-state index in [1.807, 2.05) is 13.0 Å². The van der Waals surface area contributed by atoms with Crippen molar-refractivity contribution in [3.63, 3.8) is 0 Å². The standard InChI is InChI=1S/C7H14O2/c1-2-6-9-7-4-3-5-8/h2,6,8H,3-5,7H2,1H3/b6-2-. The summed E-state index contributed by atoms with van der Waals surface area (Å²) in [5, 5.41) is 8.35. The normalized spacial score (nSPS) is 10.4. The SMILES string of the molecule is C/C=C\OCCCCO. The van der Waals surface area contributed by atoms with E-state index in [0.717, 1.165) is 12.8 Å². The second kappa shape index (κ2) is 7.50. The van der Waals surface area contributed by atoms with Crippen molar-refractivity contribution < 1.29 is 9.84 Å². The summed E-state index contributed by atoms with van der Waals surface area (Å²) in [6.45, 7) is 2.89. The molecule has 0 aromatic rings. The van der Waals surface area contributed by atoms with Gasteiger partial charge in [0.1, 0.15) is 0 Å². The summed E-state index contributed by atoms with van der Waals surface area (Å²) < 4.78 is 4.99. The quantitative estimate of drug-likeness (QED) is 0.449. The highest BCUT2D eigenvalue weighted by molar-refractivity contribution is 4.64. The van der Waals surface area contributed by atoms with Gasteiger partial charge in [-0.25, -0.2) is 0 Å². The van der Waals surface area contributed by atoms with E-state index in [1.165, 1.54) is 0 Å². The van der Waals surface area contributed by atoms with E-state index >= 15 is 0 Å². The molecule has 0 aromatic heterocycles. The van der Waals surface area contributed by atoms with Crippen LogP contribution >= 0.6 is 0 Å². The molecule has 0 saturated carbocycles. The Kier molecular flexibility index (Phi) is 7.08. The third-order valence-corrected chi connectivity index (χ3v) is 0.903. The van der Waals surface area contributed by atoms with Crippen molar-refractivity contribution in [1.82, 2.24) is 0 Å². The summed E-state index contributed by atoms with van der Waals surface area (Å²) in [6.07, 6.45) is 5.27. The Hall–Kier alpha value is -0.500. The average Bonchev–Trinajstić information content (AvgIpc) is 1.89. The van der Waals surface area contributed by atoms with Crippen molar-refractivity contribution in [1.29, 1.82) is 0 Å². The van der Waals surface area contributed by atoms with Crippen molar-refractivity contribution in [3.8, 4) is 0 Å². The maximum atomic E-state index is 8.35. The first-order valence-electron chi connectivity index (χ1n) is 3.25. The molecule has 0 fully saturated rings. The molecule has 0 radical (unpaired) electrons. The molecule has 0 atom stereocenters. The molecular weight excluding hydrogens is 116 g/mol. The molecule has 0 bridgehead atoms. The summed E-state index contributed by atoms with van der Waals surface area (Å²) in [7, 11) is 0. The Morgan fingerprint density at radius 2 is 2.22 bits per heavy atom. The Morgan fingerprint density at radius 3 is 2.78 bits per heavy atom. The highest BCUT2D eigenvalue weighted by Gasteiger charge is 1.82. The van der Waals surface area contributed by atoms with E-state index in [9.17, 15) is 0 Å². The van der Waals surface area contributed by atoms with Crippen molar-refractivity contribution >= 4 is 0 Å². The van der Waals surface area contributed by atoms with E-state index in [0.29, 0.717) is 6.61 Å². The maximum Gasteiger partial charge on any atom is 0.0874 e. The van der Waals surface area contributed by atoms with Gasteiger partial charge in [-0.15, -0.1) is 0 Å². The van der Waals surface area contributed by atoms with Gasteiger partial charge < -0.3 is 9.84 Å². The Labute approximate surface area is 56.1 Å². The van der Waals surface area contributed by atoms with Gasteiger partial charge in [-0.05, 0) is 19.8 Å². The number of hydrogen-bond donors (Lipinski definition) is 1. The zero-order valence-electron chi connectivity index (χ0n) is 5.84. The molecule has 1 N–H and O–H groups in total. The molecule has 0 aliphatic heterocycles. The third-order valence-electron chi connectivity index (χ3n) is 0.903. The molecule has 2 heteroatoms. The fourth-order valence-corrected chi connectivity index (χ4v) is 0.461. The molecule has 0 heterocycles. The van der Waals surface area contributed by atoms with Crippen LogP contribution in [0.5, 0.6) is 0 Å². The second-order valence-electron chi connectivity index (χ2n) is 1.77. The van der Waals surface area contributed by atoms with E-state index in [2.05, 4.69) is 0 Å². The van der Waals surface area contributed by atoms with Crippen LogP contribution in [0.15, 0.2) is 12.3 Å². The lowest BCUT2D eigenvalue weighted by Crippen LogP contribution is -1.89.